The predicted octanol–water partition coefficient (Wildman–Crippen LogP) is 2.97. The molecule has 0 aromatic carbocycles. The van der Waals surface area contributed by atoms with Crippen LogP contribution in [0, 0.1) is 0 Å². The molecule has 118 valence electrons. The Balaban J connectivity index is 2.49. The van der Waals surface area contributed by atoms with E-state index in [9.17, 15) is 18.0 Å². The Morgan fingerprint density at radius 1 is 1.15 bits per heavy atom. The molecule has 0 saturated heterocycles. The summed E-state index contributed by atoms with van der Waals surface area (Å²) in [7, 11) is 0. The number of hydrogen-bond acceptors (Lipinski definition) is 3. The molecule has 0 bridgehead atoms. The molecule has 7 heteroatoms. The fourth-order valence-corrected chi connectivity index (χ4v) is 2.25. The fraction of sp³-hybridized carbons (Fsp3) is 0.923. The maximum Gasteiger partial charge on any atom is 0.407 e. The number of alkyl halides is 3. The summed E-state index contributed by atoms with van der Waals surface area (Å²) < 4.78 is 41.9. The van der Waals surface area contributed by atoms with Crippen LogP contribution in [0.3, 0.4) is 0 Å². The van der Waals surface area contributed by atoms with Gasteiger partial charge in [-0.2, -0.15) is 13.2 Å². The van der Waals surface area contributed by atoms with Crippen LogP contribution in [0.2, 0.25) is 0 Å². The van der Waals surface area contributed by atoms with Crippen molar-refractivity contribution in [3.05, 3.63) is 0 Å². The van der Waals surface area contributed by atoms with Crippen molar-refractivity contribution in [1.82, 2.24) is 10.6 Å². The van der Waals surface area contributed by atoms with E-state index in [1.165, 1.54) is 0 Å². The second-order valence-corrected chi connectivity index (χ2v) is 6.14. The van der Waals surface area contributed by atoms with Crippen LogP contribution in [-0.2, 0) is 4.74 Å². The van der Waals surface area contributed by atoms with Gasteiger partial charge < -0.3 is 15.4 Å². The third-order valence-electron chi connectivity index (χ3n) is 3.03. The molecule has 1 saturated carbocycles. The lowest BCUT2D eigenvalue weighted by Gasteiger charge is -2.33. The van der Waals surface area contributed by atoms with Crippen LogP contribution >= 0.6 is 0 Å². The molecule has 2 N–H and O–H groups in total. The third kappa shape index (κ3) is 6.98. The van der Waals surface area contributed by atoms with Gasteiger partial charge in [0.2, 0.25) is 0 Å². The molecule has 2 atom stereocenters. The molecule has 0 aliphatic heterocycles. The summed E-state index contributed by atoms with van der Waals surface area (Å²) in [6.07, 6.45) is -1.78. The Morgan fingerprint density at radius 3 is 2.20 bits per heavy atom. The summed E-state index contributed by atoms with van der Waals surface area (Å²) in [5.41, 5.74) is -0.617. The number of carbonyl (C=O) groups is 1. The molecule has 1 rings (SSSR count). The highest BCUT2D eigenvalue weighted by Gasteiger charge is 2.33. The Kier molecular flexibility index (Phi) is 5.68. The van der Waals surface area contributed by atoms with Crippen LogP contribution < -0.4 is 10.6 Å². The molecule has 0 heterocycles. The quantitative estimate of drug-likeness (QED) is 0.842. The number of alkyl carbamates (subject to hydrolysis) is 1. The van der Waals surface area contributed by atoms with Crippen molar-refractivity contribution >= 4 is 6.09 Å². The molecule has 2 unspecified atom stereocenters. The second-order valence-electron chi connectivity index (χ2n) is 6.14. The van der Waals surface area contributed by atoms with E-state index in [2.05, 4.69) is 10.6 Å². The average Bonchev–Trinajstić information content (AvgIpc) is 2.24. The lowest BCUT2D eigenvalue weighted by atomic mass is 9.90. The van der Waals surface area contributed by atoms with Gasteiger partial charge in [0.1, 0.15) is 5.60 Å². The highest BCUT2D eigenvalue weighted by atomic mass is 19.4. The van der Waals surface area contributed by atoms with Gasteiger partial charge in [0.25, 0.3) is 0 Å². The van der Waals surface area contributed by atoms with Crippen LogP contribution in [0.25, 0.3) is 0 Å². The minimum Gasteiger partial charge on any atom is -0.444 e. The van der Waals surface area contributed by atoms with Crippen LogP contribution in [-0.4, -0.2) is 36.5 Å². The highest BCUT2D eigenvalue weighted by molar-refractivity contribution is 5.68. The first-order valence-corrected chi connectivity index (χ1v) is 6.86. The van der Waals surface area contributed by atoms with E-state index < -0.39 is 24.4 Å². The Labute approximate surface area is 117 Å². The smallest absolute Gasteiger partial charge is 0.407 e. The number of nitrogens with one attached hydrogen (secondary N) is 2. The first kappa shape index (κ1) is 17.1. The van der Waals surface area contributed by atoms with Crippen molar-refractivity contribution in [3.63, 3.8) is 0 Å². The minimum absolute atomic E-state index is 0.319. The van der Waals surface area contributed by atoms with E-state index in [-0.39, 0.29) is 12.1 Å². The minimum atomic E-state index is -4.24. The zero-order valence-corrected chi connectivity index (χ0v) is 12.1. The van der Waals surface area contributed by atoms with Gasteiger partial charge in [-0.1, -0.05) is 12.8 Å². The number of hydrogen-bond donors (Lipinski definition) is 2. The topological polar surface area (TPSA) is 50.4 Å². The van der Waals surface area contributed by atoms with Gasteiger partial charge in [0.15, 0.2) is 0 Å². The van der Waals surface area contributed by atoms with E-state index in [1.54, 1.807) is 20.8 Å². The van der Waals surface area contributed by atoms with Crippen LogP contribution in [0.1, 0.15) is 46.5 Å². The number of halogens is 3. The molecule has 1 amide bonds. The zero-order valence-electron chi connectivity index (χ0n) is 12.1. The Hall–Kier alpha value is -0.980. The van der Waals surface area contributed by atoms with Gasteiger partial charge >= 0.3 is 12.3 Å². The first-order valence-electron chi connectivity index (χ1n) is 6.86. The van der Waals surface area contributed by atoms with Crippen molar-refractivity contribution < 1.29 is 22.7 Å². The fourth-order valence-electron chi connectivity index (χ4n) is 2.25. The molecular formula is C13H23F3N2O2. The van der Waals surface area contributed by atoms with E-state index in [4.69, 9.17) is 4.74 Å². The lowest BCUT2D eigenvalue weighted by molar-refractivity contribution is -0.127. The SMILES string of the molecule is CC(C)(C)OC(=O)NC1CCCCC1NCC(F)(F)F. The Morgan fingerprint density at radius 2 is 1.70 bits per heavy atom. The molecule has 1 aliphatic carbocycles. The van der Waals surface area contributed by atoms with Gasteiger partial charge in [-0.05, 0) is 33.6 Å². The lowest BCUT2D eigenvalue weighted by Crippen LogP contribution is -2.54. The maximum atomic E-state index is 12.2. The summed E-state index contributed by atoms with van der Waals surface area (Å²) in [4.78, 5) is 11.7. The molecule has 1 aliphatic rings. The monoisotopic (exact) mass is 296 g/mol. The van der Waals surface area contributed by atoms with E-state index in [1.807, 2.05) is 0 Å². The van der Waals surface area contributed by atoms with Gasteiger partial charge in [-0.15, -0.1) is 0 Å². The molecule has 0 spiro atoms. The van der Waals surface area contributed by atoms with Crippen molar-refractivity contribution in [3.8, 4) is 0 Å². The van der Waals surface area contributed by atoms with Crippen molar-refractivity contribution in [2.45, 2.75) is 70.3 Å². The van der Waals surface area contributed by atoms with Gasteiger partial charge in [0, 0.05) is 12.1 Å². The first-order chi connectivity index (χ1) is 9.07. The third-order valence-corrected chi connectivity index (χ3v) is 3.03. The molecule has 4 nitrogen and oxygen atoms in total. The summed E-state index contributed by atoms with van der Waals surface area (Å²) in [6, 6.07) is -0.682. The standard InChI is InChI=1S/C13H23F3N2O2/c1-12(2,3)20-11(19)18-10-7-5-4-6-9(10)17-8-13(14,15)16/h9-10,17H,4-8H2,1-3H3,(H,18,19). The van der Waals surface area contributed by atoms with Crippen LogP contribution in [0.5, 0.6) is 0 Å². The number of ether oxygens (including phenoxy) is 1. The zero-order chi connectivity index (χ0) is 15.4. The predicted molar refractivity (Wildman–Crippen MR) is 69.5 cm³/mol. The summed E-state index contributed by atoms with van der Waals surface area (Å²) >= 11 is 0. The van der Waals surface area contributed by atoms with E-state index in [0.29, 0.717) is 12.8 Å². The largest absolute Gasteiger partial charge is 0.444 e. The van der Waals surface area contributed by atoms with Crippen LogP contribution in [0.4, 0.5) is 18.0 Å². The summed E-state index contributed by atoms with van der Waals surface area (Å²) in [5.74, 6) is 0. The molecule has 1 fully saturated rings. The number of carbonyl (C=O) groups excluding carboxylic acids is 1. The maximum absolute atomic E-state index is 12.2. The van der Waals surface area contributed by atoms with Gasteiger partial charge in [0.05, 0.1) is 6.54 Å². The van der Waals surface area contributed by atoms with Crippen molar-refractivity contribution in [2.24, 2.45) is 0 Å². The van der Waals surface area contributed by atoms with Crippen LogP contribution in [0.15, 0.2) is 0 Å². The van der Waals surface area contributed by atoms with Gasteiger partial charge in [-0.3, -0.25) is 0 Å². The molecular weight excluding hydrogens is 273 g/mol. The number of rotatable bonds is 3. The number of amides is 1. The summed E-state index contributed by atoms with van der Waals surface area (Å²) in [6.45, 7) is 4.19. The van der Waals surface area contributed by atoms with E-state index in [0.717, 1.165) is 12.8 Å². The van der Waals surface area contributed by atoms with Crippen molar-refractivity contribution in [1.29, 1.82) is 0 Å². The van der Waals surface area contributed by atoms with E-state index >= 15 is 0 Å². The second kappa shape index (κ2) is 6.65. The Bertz CT molecular complexity index is 327. The highest BCUT2D eigenvalue weighted by Crippen LogP contribution is 2.21. The molecule has 0 aromatic heterocycles. The van der Waals surface area contributed by atoms with Gasteiger partial charge in [-0.25, -0.2) is 4.79 Å². The summed E-state index contributed by atoms with van der Waals surface area (Å²) in [5, 5.41) is 5.16. The average molecular weight is 296 g/mol. The normalized spacial score (nSPS) is 24.3. The molecule has 0 radical (unpaired) electrons. The molecule has 0 aromatic rings. The van der Waals surface area contributed by atoms with Crippen molar-refractivity contribution in [2.75, 3.05) is 6.54 Å². The molecule has 20 heavy (non-hydrogen) atoms.